The van der Waals surface area contributed by atoms with Crippen molar-refractivity contribution in [2.45, 2.75) is 107 Å². The van der Waals surface area contributed by atoms with Gasteiger partial charge in [0, 0.05) is 17.2 Å². The standard InChI is InChI=1S/C39H45FN6O7S2/c1-4-27-35(43-32-26(40)12-10-14-28(32)41-27)53-25-21-30-33(47)44-39(37(50)45-55(51,52)38(3)19-20-38)18-17-24(39)11-8-6-5-7-9-13-29(36(49)46(30)22-25)42-34(48)31-16-15-23(2)54-31/h8,10-12,14-18,24-25,29-30H,4-7,9,13,19-22H2,1-3H3,(H,42,48)(H,44,47)(H,45,50). The number of halogens is 1. The Labute approximate surface area is 323 Å². The molecule has 5 atom stereocenters. The van der Waals surface area contributed by atoms with Crippen molar-refractivity contribution in [3.63, 3.8) is 0 Å². The molecule has 4 heterocycles. The maximum Gasteiger partial charge on any atom is 0.264 e. The van der Waals surface area contributed by atoms with Crippen molar-refractivity contribution in [3.8, 4) is 5.88 Å². The summed E-state index contributed by atoms with van der Waals surface area (Å²) in [6.07, 6.45) is 10.4. The highest BCUT2D eigenvalue weighted by atomic mass is 32.2. The number of hydrogen-bond acceptors (Lipinski definition) is 10. The summed E-state index contributed by atoms with van der Waals surface area (Å²) in [6.45, 7) is 5.21. The van der Waals surface area contributed by atoms with Gasteiger partial charge in [0.05, 0.1) is 21.7 Å². The predicted octanol–water partition coefficient (Wildman–Crippen LogP) is 4.41. The number of para-hydroxylation sites is 1. The zero-order valence-electron chi connectivity index (χ0n) is 31.0. The molecular formula is C39H45FN6O7S2. The first kappa shape index (κ1) is 38.6. The Morgan fingerprint density at radius 1 is 1.11 bits per heavy atom. The summed E-state index contributed by atoms with van der Waals surface area (Å²) in [5.41, 5.74) is -0.913. The van der Waals surface area contributed by atoms with Crippen LogP contribution in [0, 0.1) is 18.7 Å². The summed E-state index contributed by atoms with van der Waals surface area (Å²) in [5, 5.41) is 5.76. The highest BCUT2D eigenvalue weighted by Crippen LogP contribution is 2.43. The Morgan fingerprint density at radius 2 is 1.91 bits per heavy atom. The maximum atomic E-state index is 14.8. The fourth-order valence-corrected chi connectivity index (χ4v) is 9.35. The van der Waals surface area contributed by atoms with Crippen LogP contribution in [-0.4, -0.2) is 81.9 Å². The molecule has 2 aromatic heterocycles. The number of thiophene rings is 1. The van der Waals surface area contributed by atoms with Gasteiger partial charge in [0.2, 0.25) is 27.7 Å². The van der Waals surface area contributed by atoms with Crippen LogP contribution in [0.25, 0.3) is 11.0 Å². The molecule has 55 heavy (non-hydrogen) atoms. The molecule has 13 nitrogen and oxygen atoms in total. The number of hydrogen-bond donors (Lipinski definition) is 3. The number of ether oxygens (including phenoxy) is 1. The van der Waals surface area contributed by atoms with Gasteiger partial charge in [-0.2, -0.15) is 0 Å². The molecule has 2 aliphatic heterocycles. The van der Waals surface area contributed by atoms with Crippen molar-refractivity contribution in [2.24, 2.45) is 5.92 Å². The molecule has 4 amide bonds. The molecule has 0 spiro atoms. The van der Waals surface area contributed by atoms with E-state index < -0.39 is 73.9 Å². The summed E-state index contributed by atoms with van der Waals surface area (Å²) in [7, 11) is -4.05. The molecule has 5 unspecified atom stereocenters. The molecule has 3 N–H and O–H groups in total. The van der Waals surface area contributed by atoms with E-state index in [1.54, 1.807) is 37.3 Å². The van der Waals surface area contributed by atoms with Gasteiger partial charge in [-0.05, 0) is 76.6 Å². The minimum Gasteiger partial charge on any atom is -0.471 e. The molecule has 1 saturated heterocycles. The minimum atomic E-state index is -4.05. The first-order valence-electron chi connectivity index (χ1n) is 18.8. The number of aryl methyl sites for hydroxylation is 2. The highest BCUT2D eigenvalue weighted by Gasteiger charge is 2.56. The fraction of sp³-hybridized carbons (Fsp3) is 0.487. The van der Waals surface area contributed by atoms with E-state index in [-0.39, 0.29) is 24.4 Å². The lowest BCUT2D eigenvalue weighted by molar-refractivity contribution is -0.142. The molecular weight excluding hydrogens is 748 g/mol. The van der Waals surface area contributed by atoms with E-state index >= 15 is 0 Å². The lowest BCUT2D eigenvalue weighted by Gasteiger charge is -2.42. The van der Waals surface area contributed by atoms with E-state index in [1.807, 2.05) is 26.0 Å². The van der Waals surface area contributed by atoms with Crippen LogP contribution in [0.5, 0.6) is 5.88 Å². The molecule has 292 valence electrons. The molecule has 0 radical (unpaired) electrons. The van der Waals surface area contributed by atoms with E-state index in [9.17, 15) is 32.0 Å². The minimum absolute atomic E-state index is 0.0155. The summed E-state index contributed by atoms with van der Waals surface area (Å²) in [5.74, 6) is -3.67. The van der Waals surface area contributed by atoms with Gasteiger partial charge < -0.3 is 20.3 Å². The van der Waals surface area contributed by atoms with Crippen molar-refractivity contribution in [2.75, 3.05) is 6.54 Å². The van der Waals surface area contributed by atoms with Crippen LogP contribution in [0.2, 0.25) is 0 Å². The first-order valence-corrected chi connectivity index (χ1v) is 21.1. The van der Waals surface area contributed by atoms with Crippen LogP contribution < -0.4 is 20.1 Å². The van der Waals surface area contributed by atoms with Gasteiger partial charge in [-0.15, -0.1) is 11.3 Å². The van der Waals surface area contributed by atoms with Crippen molar-refractivity contribution >= 4 is 56.0 Å². The number of carbonyl (C=O) groups is 4. The van der Waals surface area contributed by atoms with E-state index in [1.165, 1.54) is 28.4 Å². The summed E-state index contributed by atoms with van der Waals surface area (Å²) in [6, 6.07) is 5.81. The number of nitrogens with one attached hydrogen (secondary N) is 3. The Morgan fingerprint density at radius 3 is 2.60 bits per heavy atom. The van der Waals surface area contributed by atoms with E-state index in [0.29, 0.717) is 54.6 Å². The fourth-order valence-electron chi connectivity index (χ4n) is 7.28. The molecule has 16 heteroatoms. The lowest BCUT2D eigenvalue weighted by Crippen LogP contribution is -2.67. The van der Waals surface area contributed by atoms with Crippen molar-refractivity contribution < 1.29 is 36.7 Å². The summed E-state index contributed by atoms with van der Waals surface area (Å²) in [4.78, 5) is 68.3. The average molecular weight is 793 g/mol. The molecule has 4 aliphatic rings. The number of nitrogens with zero attached hydrogens (tertiary/aromatic N) is 3. The number of rotatable bonds is 8. The largest absolute Gasteiger partial charge is 0.471 e. The van der Waals surface area contributed by atoms with Crippen molar-refractivity contribution in [3.05, 3.63) is 75.9 Å². The second-order valence-corrected chi connectivity index (χ2v) is 18.5. The first-order chi connectivity index (χ1) is 26.2. The van der Waals surface area contributed by atoms with Crippen LogP contribution in [0.4, 0.5) is 4.39 Å². The van der Waals surface area contributed by atoms with Crippen molar-refractivity contribution in [1.29, 1.82) is 0 Å². The van der Waals surface area contributed by atoms with Crippen LogP contribution in [0.15, 0.2) is 54.6 Å². The molecule has 0 bridgehead atoms. The smallest absolute Gasteiger partial charge is 0.264 e. The van der Waals surface area contributed by atoms with Crippen LogP contribution >= 0.6 is 11.3 Å². The van der Waals surface area contributed by atoms with Gasteiger partial charge in [-0.25, -0.2) is 22.8 Å². The highest BCUT2D eigenvalue weighted by molar-refractivity contribution is 7.91. The summed E-state index contributed by atoms with van der Waals surface area (Å²) >= 11 is 1.31. The molecule has 1 aromatic carbocycles. The Bertz CT molecular complexity index is 2200. The summed E-state index contributed by atoms with van der Waals surface area (Å²) < 4.78 is 48.8. The zero-order valence-corrected chi connectivity index (χ0v) is 32.6. The number of fused-ring (bicyclic) bond motifs is 3. The van der Waals surface area contributed by atoms with Crippen LogP contribution in [0.1, 0.15) is 85.5 Å². The molecule has 1 saturated carbocycles. The monoisotopic (exact) mass is 792 g/mol. The number of benzene rings is 1. The Hall–Kier alpha value is -4.70. The van der Waals surface area contributed by atoms with Gasteiger partial charge in [-0.3, -0.25) is 23.9 Å². The number of allylic oxidation sites excluding steroid dienone is 1. The van der Waals surface area contributed by atoms with Crippen LogP contribution in [0.3, 0.4) is 0 Å². The van der Waals surface area contributed by atoms with E-state index in [4.69, 9.17) is 4.74 Å². The van der Waals surface area contributed by atoms with Crippen LogP contribution in [-0.2, 0) is 30.8 Å². The van der Waals surface area contributed by atoms with Gasteiger partial charge in [0.15, 0.2) is 5.82 Å². The second-order valence-electron chi connectivity index (χ2n) is 15.0. The molecule has 2 aliphatic carbocycles. The normalized spacial score (nSPS) is 26.5. The lowest BCUT2D eigenvalue weighted by atomic mass is 9.73. The van der Waals surface area contributed by atoms with E-state index in [0.717, 1.165) is 17.7 Å². The average Bonchev–Trinajstić information content (AvgIpc) is 3.54. The molecule has 3 aromatic rings. The van der Waals surface area contributed by atoms with Gasteiger partial charge in [0.25, 0.3) is 11.8 Å². The number of carbonyl (C=O) groups excluding carboxylic acids is 4. The van der Waals surface area contributed by atoms with Crippen molar-refractivity contribution in [1.82, 2.24) is 30.2 Å². The van der Waals surface area contributed by atoms with Gasteiger partial charge in [0.1, 0.15) is 34.9 Å². The quantitative estimate of drug-likeness (QED) is 0.279. The number of sulfonamides is 1. The Kier molecular flexibility index (Phi) is 10.6. The zero-order chi connectivity index (χ0) is 39.1. The Balaban J connectivity index is 1.23. The third-order valence-electron chi connectivity index (χ3n) is 11.0. The third-order valence-corrected chi connectivity index (χ3v) is 14.2. The molecule has 7 rings (SSSR count). The van der Waals surface area contributed by atoms with Gasteiger partial charge >= 0.3 is 0 Å². The SMILES string of the molecule is CCc1nc2cccc(F)c2nc1OC1CC2C(=O)NC3(C(=O)NS(=O)(=O)C4(C)CC4)C=CC3C=CCCCCCC(NC(=O)c3ccc(C)s3)C(=O)N2C1. The van der Waals surface area contributed by atoms with E-state index in [2.05, 4.69) is 25.3 Å². The number of amides is 4. The van der Waals surface area contributed by atoms with Gasteiger partial charge in [-0.1, -0.05) is 50.1 Å². The molecule has 2 fully saturated rings. The predicted molar refractivity (Wildman–Crippen MR) is 204 cm³/mol. The number of aromatic nitrogens is 2. The maximum absolute atomic E-state index is 14.8. The third kappa shape index (κ3) is 7.62. The second kappa shape index (κ2) is 15.1. The topological polar surface area (TPSA) is 177 Å².